The van der Waals surface area contributed by atoms with Crippen LogP contribution in [0.15, 0.2) is 47.5 Å². The summed E-state index contributed by atoms with van der Waals surface area (Å²) < 4.78 is 0. The Morgan fingerprint density at radius 2 is 0.875 bits per heavy atom. The van der Waals surface area contributed by atoms with Gasteiger partial charge in [-0.05, 0) is 131 Å². The number of carbonyl (C=O) groups excluding carboxylic acids is 10. The van der Waals surface area contributed by atoms with E-state index in [0.29, 0.717) is 37.7 Å². The number of benzene rings is 2. The number of rotatable bonds is 42. The predicted molar refractivity (Wildman–Crippen MR) is 338 cm³/mol. The van der Waals surface area contributed by atoms with Crippen LogP contribution in [0.25, 0.3) is 10.8 Å². The number of amides is 10. The van der Waals surface area contributed by atoms with Gasteiger partial charge in [0.1, 0.15) is 54.4 Å². The SMILES string of the molecule is CC[C@H](C)[C@H](NC(=O)[C@H](CCCN=C(N)N)NC(=O)[C@H](CCCCN)NC(=O)[C@H](Cc1ccc2ccccc2c1)NC(=O)[C@H](CC(C)C)NC(=O)CN)C(=O)N[C@@H](CCCCN)C(=O)N[C@H](C(=O)N[C@@H](CC(C)C)C(=O)N[C@@H](CC(C)C)C(N)=O)[C@@H](C)O. The molecular formula is C61H104N16O11. The minimum Gasteiger partial charge on any atom is -0.391 e. The van der Waals surface area contributed by atoms with Crippen LogP contribution in [-0.2, 0) is 54.4 Å². The summed E-state index contributed by atoms with van der Waals surface area (Å²) in [6, 6.07) is 1.60. The van der Waals surface area contributed by atoms with Crippen LogP contribution in [0.4, 0.5) is 0 Å². The van der Waals surface area contributed by atoms with Gasteiger partial charge in [0.25, 0.3) is 0 Å². The molecule has 494 valence electrons. The van der Waals surface area contributed by atoms with E-state index < -0.39 is 125 Å². The summed E-state index contributed by atoms with van der Waals surface area (Å²) in [6.07, 6.45) is 1.05. The molecule has 27 heteroatoms. The highest BCUT2D eigenvalue weighted by molar-refractivity contribution is 5.99. The van der Waals surface area contributed by atoms with Gasteiger partial charge in [-0.15, -0.1) is 0 Å². The normalized spacial score (nSPS) is 15.1. The third kappa shape index (κ3) is 28.1. The first-order chi connectivity index (χ1) is 41.5. The largest absolute Gasteiger partial charge is 0.391 e. The third-order valence-corrected chi connectivity index (χ3v) is 14.7. The average molecular weight is 1240 g/mol. The van der Waals surface area contributed by atoms with E-state index in [4.69, 9.17) is 34.4 Å². The number of aliphatic hydroxyl groups is 1. The monoisotopic (exact) mass is 1240 g/mol. The lowest BCUT2D eigenvalue weighted by Gasteiger charge is -2.30. The molecule has 0 aliphatic carbocycles. The number of hydrogen-bond donors (Lipinski definition) is 16. The van der Waals surface area contributed by atoms with Crippen molar-refractivity contribution in [1.29, 1.82) is 0 Å². The van der Waals surface area contributed by atoms with E-state index >= 15 is 0 Å². The second kappa shape index (κ2) is 40.1. The van der Waals surface area contributed by atoms with Gasteiger partial charge < -0.3 is 87.4 Å². The molecule has 0 aliphatic heterocycles. The molecule has 10 amide bonds. The van der Waals surface area contributed by atoms with Crippen molar-refractivity contribution < 1.29 is 53.1 Å². The van der Waals surface area contributed by atoms with Crippen LogP contribution in [0.3, 0.4) is 0 Å². The molecule has 0 bridgehead atoms. The van der Waals surface area contributed by atoms with E-state index in [2.05, 4.69) is 52.8 Å². The van der Waals surface area contributed by atoms with Crippen molar-refractivity contribution in [3.05, 3.63) is 48.0 Å². The quantitative estimate of drug-likeness (QED) is 0.0217. The number of fused-ring (bicyclic) bond motifs is 1. The van der Waals surface area contributed by atoms with Gasteiger partial charge in [-0.25, -0.2) is 0 Å². The first-order valence-electron chi connectivity index (χ1n) is 30.9. The molecule has 0 fully saturated rings. The van der Waals surface area contributed by atoms with Crippen molar-refractivity contribution in [3.63, 3.8) is 0 Å². The first kappa shape index (κ1) is 76.6. The van der Waals surface area contributed by atoms with Gasteiger partial charge in [0.05, 0.1) is 12.6 Å². The second-order valence-corrected chi connectivity index (χ2v) is 24.0. The molecule has 2 aromatic carbocycles. The highest BCUT2D eigenvalue weighted by Crippen LogP contribution is 2.19. The predicted octanol–water partition coefficient (Wildman–Crippen LogP) is -0.934. The standard InChI is InChI=1S/C61H104N16O11/c1-10-37(8)50(59(87)72-43(21-14-16-26-63)55(83)77-51(38(9)78)60(88)75-47(30-36(6)7)57(85)73-45(52(65)80)28-34(2)3)76-54(82)44(22-17-27-68-61(66)67)70-53(81)42(20-13-15-25-62)71-58(86)48(32-39-23-24-40-18-11-12-19-41(40)31-39)74-56(84)46(29-35(4)5)69-49(79)33-64/h11-12,18-19,23-24,31,34-38,42-48,50-51,78H,10,13-17,20-22,25-30,32-33,62-64H2,1-9H3,(H2,65,80)(H,69,79)(H,70,81)(H,71,86)(H,72,87)(H,73,85)(H,74,84)(H,75,88)(H,76,82)(H,77,83)(H4,66,67,68)/t37-,38+,42-,43-,44-,45-,46-,47-,48-,50-,51-/m0/s1. The van der Waals surface area contributed by atoms with Crippen LogP contribution in [0.1, 0.15) is 145 Å². The Hall–Kier alpha value is -7.49. The number of nitrogens with two attached hydrogens (primary N) is 6. The van der Waals surface area contributed by atoms with Crippen molar-refractivity contribution >= 4 is 75.8 Å². The lowest BCUT2D eigenvalue weighted by molar-refractivity contribution is -0.137. The Bertz CT molecular complexity index is 2620. The zero-order chi connectivity index (χ0) is 66.2. The topological polar surface area (TPSA) is 468 Å². The summed E-state index contributed by atoms with van der Waals surface area (Å²) in [7, 11) is 0. The molecule has 27 nitrogen and oxygen atoms in total. The summed E-state index contributed by atoms with van der Waals surface area (Å²) in [5.41, 5.74) is 34.8. The van der Waals surface area contributed by atoms with Crippen molar-refractivity contribution in [2.75, 3.05) is 26.2 Å². The molecule has 0 aliphatic rings. The number of nitrogens with zero attached hydrogens (tertiary/aromatic N) is 1. The van der Waals surface area contributed by atoms with E-state index in [-0.39, 0.29) is 101 Å². The molecule has 11 atom stereocenters. The maximum atomic E-state index is 14.7. The number of unbranched alkanes of at least 4 members (excludes halogenated alkanes) is 2. The van der Waals surface area contributed by atoms with Crippen molar-refractivity contribution in [2.24, 2.45) is 63.1 Å². The maximum absolute atomic E-state index is 14.7. The maximum Gasteiger partial charge on any atom is 0.245 e. The molecule has 0 spiro atoms. The summed E-state index contributed by atoms with van der Waals surface area (Å²) in [6.45, 7) is 16.0. The van der Waals surface area contributed by atoms with Crippen LogP contribution in [-0.4, -0.2) is 157 Å². The fourth-order valence-corrected chi connectivity index (χ4v) is 9.71. The lowest BCUT2D eigenvalue weighted by Crippen LogP contribution is -2.62. The van der Waals surface area contributed by atoms with Gasteiger partial charge >= 0.3 is 0 Å². The van der Waals surface area contributed by atoms with E-state index in [1.54, 1.807) is 13.8 Å². The number of guanidine groups is 1. The van der Waals surface area contributed by atoms with Crippen LogP contribution >= 0.6 is 0 Å². The molecule has 2 aromatic rings. The number of aliphatic imine (C=N–C) groups is 1. The van der Waals surface area contributed by atoms with Gasteiger partial charge in [-0.1, -0.05) is 104 Å². The number of carbonyl (C=O) groups is 10. The van der Waals surface area contributed by atoms with E-state index in [1.165, 1.54) is 6.92 Å². The third-order valence-electron chi connectivity index (χ3n) is 14.7. The van der Waals surface area contributed by atoms with Crippen molar-refractivity contribution in [2.45, 2.75) is 206 Å². The zero-order valence-corrected chi connectivity index (χ0v) is 53.1. The molecular weight excluding hydrogens is 1130 g/mol. The molecule has 22 N–H and O–H groups in total. The Balaban J connectivity index is 2.58. The summed E-state index contributed by atoms with van der Waals surface area (Å²) >= 11 is 0. The minimum atomic E-state index is -1.64. The van der Waals surface area contributed by atoms with Gasteiger partial charge in [0.2, 0.25) is 59.1 Å². The molecule has 0 saturated carbocycles. The summed E-state index contributed by atoms with van der Waals surface area (Å²) in [5, 5.41) is 37.1. The Morgan fingerprint density at radius 1 is 0.466 bits per heavy atom. The molecule has 0 heterocycles. The molecule has 0 unspecified atom stereocenters. The smallest absolute Gasteiger partial charge is 0.245 e. The molecule has 2 rings (SSSR count). The molecule has 0 saturated heterocycles. The van der Waals surface area contributed by atoms with Crippen LogP contribution < -0.4 is 82.3 Å². The fraction of sp³-hybridized carbons (Fsp3) is 0.656. The first-order valence-corrected chi connectivity index (χ1v) is 30.9. The van der Waals surface area contributed by atoms with E-state index in [9.17, 15) is 53.1 Å². The summed E-state index contributed by atoms with van der Waals surface area (Å²) in [5.74, 6) is -8.65. The number of nitrogens with one attached hydrogen (secondary N) is 9. The molecule has 88 heavy (non-hydrogen) atoms. The van der Waals surface area contributed by atoms with E-state index in [1.807, 2.05) is 84.0 Å². The van der Waals surface area contributed by atoms with Gasteiger partial charge in [0.15, 0.2) is 5.96 Å². The highest BCUT2D eigenvalue weighted by atomic mass is 16.3. The van der Waals surface area contributed by atoms with Crippen molar-refractivity contribution in [1.82, 2.24) is 47.9 Å². The molecule has 0 aromatic heterocycles. The van der Waals surface area contributed by atoms with Crippen molar-refractivity contribution in [3.8, 4) is 0 Å². The number of primary amides is 1. The molecule has 0 radical (unpaired) electrons. The highest BCUT2D eigenvalue weighted by Gasteiger charge is 2.37. The minimum absolute atomic E-state index is 0.00371. The summed E-state index contributed by atoms with van der Waals surface area (Å²) in [4.78, 5) is 143. The Kier molecular flexibility index (Phi) is 34.9. The number of aliphatic hydroxyl groups excluding tert-OH is 1. The zero-order valence-electron chi connectivity index (χ0n) is 53.1. The number of hydrogen-bond acceptors (Lipinski definition) is 15. The van der Waals surface area contributed by atoms with Gasteiger partial charge in [-0.3, -0.25) is 52.9 Å². The fourth-order valence-electron chi connectivity index (χ4n) is 9.71. The Labute approximate surface area is 518 Å². The van der Waals surface area contributed by atoms with Crippen LogP contribution in [0, 0.1) is 23.7 Å². The van der Waals surface area contributed by atoms with E-state index in [0.717, 1.165) is 10.8 Å². The Morgan fingerprint density at radius 3 is 1.35 bits per heavy atom. The van der Waals surface area contributed by atoms with Gasteiger partial charge in [-0.2, -0.15) is 0 Å². The van der Waals surface area contributed by atoms with Gasteiger partial charge in [0, 0.05) is 13.0 Å². The van der Waals surface area contributed by atoms with Crippen LogP contribution in [0.5, 0.6) is 0 Å². The lowest BCUT2D eigenvalue weighted by atomic mass is 9.96. The average Bonchev–Trinajstić information content (AvgIpc) is 1.74. The second-order valence-electron chi connectivity index (χ2n) is 24.0. The van der Waals surface area contributed by atoms with Crippen LogP contribution in [0.2, 0.25) is 0 Å².